The van der Waals surface area contributed by atoms with Crippen molar-refractivity contribution in [1.29, 1.82) is 0 Å². The van der Waals surface area contributed by atoms with Crippen molar-refractivity contribution in [2.24, 2.45) is 0 Å². The van der Waals surface area contributed by atoms with Gasteiger partial charge in [-0.2, -0.15) is 0 Å². The van der Waals surface area contributed by atoms with Gasteiger partial charge in [0.05, 0.1) is 25.2 Å². The number of nitrogens with one attached hydrogen (secondary N) is 2. The first-order valence-electron chi connectivity index (χ1n) is 8.01. The Bertz CT molecular complexity index is 868. The molecule has 0 aliphatic carbocycles. The van der Waals surface area contributed by atoms with Crippen LogP contribution >= 0.6 is 0 Å². The summed E-state index contributed by atoms with van der Waals surface area (Å²) in [5.41, 5.74) is 1.16. The van der Waals surface area contributed by atoms with Gasteiger partial charge in [0.15, 0.2) is 0 Å². The van der Waals surface area contributed by atoms with E-state index in [1.54, 1.807) is 13.2 Å². The zero-order valence-corrected chi connectivity index (χ0v) is 16.1. The lowest BCUT2D eigenvalue weighted by molar-refractivity contribution is 0.105. The molecule has 0 heterocycles. The van der Waals surface area contributed by atoms with E-state index < -0.39 is 22.2 Å². The molecule has 0 spiro atoms. The molecule has 0 fully saturated rings. The van der Waals surface area contributed by atoms with Gasteiger partial charge in [0.25, 0.3) is 0 Å². The molecule has 2 rings (SSSR count). The zero-order valence-electron chi connectivity index (χ0n) is 15.3. The van der Waals surface area contributed by atoms with E-state index in [4.69, 9.17) is 9.47 Å². The molecule has 2 aromatic rings. The van der Waals surface area contributed by atoms with Crippen molar-refractivity contribution in [3.05, 3.63) is 54.1 Å². The standard InChI is InChI=1S/C18H22N2O6S/c1-24-16-7-5-4-6-15(16)17(25-2)12-19-27(22,23)14-10-8-13(9-11-14)20-18(21)26-3/h4-11,17,19H,12H2,1-3H3,(H,20,21). The number of carbonyl (C=O) groups is 1. The summed E-state index contributed by atoms with van der Waals surface area (Å²) in [5.74, 6) is 0.613. The van der Waals surface area contributed by atoms with Crippen LogP contribution in [0.3, 0.4) is 0 Å². The van der Waals surface area contributed by atoms with E-state index in [-0.39, 0.29) is 11.4 Å². The van der Waals surface area contributed by atoms with Gasteiger partial charge < -0.3 is 14.2 Å². The second kappa shape index (κ2) is 9.36. The summed E-state index contributed by atoms with van der Waals surface area (Å²) in [5, 5.41) is 2.45. The summed E-state index contributed by atoms with van der Waals surface area (Å²) in [6, 6.07) is 13.0. The van der Waals surface area contributed by atoms with E-state index in [0.717, 1.165) is 5.56 Å². The van der Waals surface area contributed by atoms with Gasteiger partial charge in [-0.25, -0.2) is 17.9 Å². The van der Waals surface area contributed by atoms with E-state index >= 15 is 0 Å². The number of ether oxygens (including phenoxy) is 3. The molecule has 0 saturated heterocycles. The fraction of sp³-hybridized carbons (Fsp3) is 0.278. The number of hydrogen-bond donors (Lipinski definition) is 2. The lowest BCUT2D eigenvalue weighted by Gasteiger charge is -2.19. The van der Waals surface area contributed by atoms with E-state index in [0.29, 0.717) is 11.4 Å². The largest absolute Gasteiger partial charge is 0.496 e. The van der Waals surface area contributed by atoms with Crippen LogP contribution in [0.15, 0.2) is 53.4 Å². The van der Waals surface area contributed by atoms with E-state index in [1.807, 2.05) is 18.2 Å². The molecule has 27 heavy (non-hydrogen) atoms. The SMILES string of the molecule is COC(=O)Nc1ccc(S(=O)(=O)NCC(OC)c2ccccc2OC)cc1. The molecule has 1 unspecified atom stereocenters. The summed E-state index contributed by atoms with van der Waals surface area (Å²) < 4.78 is 42.8. The van der Waals surface area contributed by atoms with Crippen molar-refractivity contribution in [3.8, 4) is 5.75 Å². The number of rotatable bonds is 8. The van der Waals surface area contributed by atoms with Crippen LogP contribution in [0.2, 0.25) is 0 Å². The summed E-state index contributed by atoms with van der Waals surface area (Å²) in [6.45, 7) is 0.0291. The predicted molar refractivity (Wildman–Crippen MR) is 100 cm³/mol. The maximum Gasteiger partial charge on any atom is 0.411 e. The minimum absolute atomic E-state index is 0.0291. The maximum absolute atomic E-state index is 12.5. The van der Waals surface area contributed by atoms with Gasteiger partial charge in [0.1, 0.15) is 5.75 Å². The number of methoxy groups -OCH3 is 3. The highest BCUT2D eigenvalue weighted by molar-refractivity contribution is 7.89. The number of amides is 1. The van der Waals surface area contributed by atoms with Crippen LogP contribution < -0.4 is 14.8 Å². The molecule has 2 N–H and O–H groups in total. The van der Waals surface area contributed by atoms with Crippen molar-refractivity contribution in [2.45, 2.75) is 11.0 Å². The van der Waals surface area contributed by atoms with Crippen LogP contribution in [0, 0.1) is 0 Å². The molecule has 2 aromatic carbocycles. The van der Waals surface area contributed by atoms with Gasteiger partial charge in [-0.05, 0) is 30.3 Å². The molecular formula is C18H22N2O6S. The third-order valence-corrected chi connectivity index (χ3v) is 5.26. The third kappa shape index (κ3) is 5.43. The molecule has 0 saturated carbocycles. The number of anilines is 1. The van der Waals surface area contributed by atoms with E-state index in [1.165, 1.54) is 38.5 Å². The molecule has 8 nitrogen and oxygen atoms in total. The Morgan fingerprint density at radius 1 is 1.04 bits per heavy atom. The van der Waals surface area contributed by atoms with E-state index in [9.17, 15) is 13.2 Å². The van der Waals surface area contributed by atoms with Crippen molar-refractivity contribution < 1.29 is 27.4 Å². The van der Waals surface area contributed by atoms with Gasteiger partial charge in [0.2, 0.25) is 10.0 Å². The van der Waals surface area contributed by atoms with E-state index in [2.05, 4.69) is 14.8 Å². The van der Waals surface area contributed by atoms with Gasteiger partial charge in [0, 0.05) is 24.9 Å². The Balaban J connectivity index is 2.10. The van der Waals surface area contributed by atoms with Crippen LogP contribution in [0.4, 0.5) is 10.5 Å². The van der Waals surface area contributed by atoms with Crippen LogP contribution in [-0.2, 0) is 19.5 Å². The van der Waals surface area contributed by atoms with Gasteiger partial charge in [-0.15, -0.1) is 0 Å². The molecule has 9 heteroatoms. The number of sulfonamides is 1. The Kier molecular flexibility index (Phi) is 7.17. The van der Waals surface area contributed by atoms with Gasteiger partial charge >= 0.3 is 6.09 Å². The first kappa shape index (κ1) is 20.7. The first-order chi connectivity index (χ1) is 12.9. The number of benzene rings is 2. The second-order valence-corrected chi connectivity index (χ2v) is 7.23. The molecule has 146 valence electrons. The third-order valence-electron chi connectivity index (χ3n) is 3.83. The highest BCUT2D eigenvalue weighted by Crippen LogP contribution is 2.27. The lowest BCUT2D eigenvalue weighted by Crippen LogP contribution is -2.29. The van der Waals surface area contributed by atoms with Crippen molar-refractivity contribution in [2.75, 3.05) is 33.2 Å². The number of para-hydroxylation sites is 1. The first-order valence-corrected chi connectivity index (χ1v) is 9.50. The van der Waals surface area contributed by atoms with Crippen LogP contribution in [0.1, 0.15) is 11.7 Å². The smallest absolute Gasteiger partial charge is 0.411 e. The Labute approximate surface area is 158 Å². The Hall–Kier alpha value is -2.62. The average Bonchev–Trinajstić information content (AvgIpc) is 2.69. The topological polar surface area (TPSA) is 103 Å². The average molecular weight is 394 g/mol. The molecule has 0 radical (unpaired) electrons. The lowest BCUT2D eigenvalue weighted by atomic mass is 10.1. The quantitative estimate of drug-likeness (QED) is 0.713. The summed E-state index contributed by atoms with van der Waals surface area (Å²) in [4.78, 5) is 11.2. The Morgan fingerprint density at radius 2 is 1.70 bits per heavy atom. The monoisotopic (exact) mass is 394 g/mol. The molecule has 1 amide bonds. The van der Waals surface area contributed by atoms with Crippen LogP contribution in [0.5, 0.6) is 5.75 Å². The maximum atomic E-state index is 12.5. The van der Waals surface area contributed by atoms with Crippen LogP contribution in [0.25, 0.3) is 0 Å². The minimum Gasteiger partial charge on any atom is -0.496 e. The minimum atomic E-state index is -3.76. The predicted octanol–water partition coefficient (Wildman–Crippen LogP) is 2.54. The van der Waals surface area contributed by atoms with Crippen molar-refractivity contribution in [1.82, 2.24) is 4.72 Å². The van der Waals surface area contributed by atoms with Crippen LogP contribution in [-0.4, -0.2) is 42.4 Å². The summed E-state index contributed by atoms with van der Waals surface area (Å²) in [7, 11) is 0.524. The molecule has 0 aliphatic heterocycles. The molecule has 0 aromatic heterocycles. The van der Waals surface area contributed by atoms with Crippen molar-refractivity contribution >= 4 is 21.8 Å². The zero-order chi connectivity index (χ0) is 19.9. The highest BCUT2D eigenvalue weighted by atomic mass is 32.2. The molecule has 0 aliphatic rings. The normalized spacial score (nSPS) is 12.3. The summed E-state index contributed by atoms with van der Waals surface area (Å²) in [6.07, 6.45) is -1.15. The fourth-order valence-electron chi connectivity index (χ4n) is 2.41. The number of carbonyl (C=O) groups excluding carboxylic acids is 1. The molecule has 0 bridgehead atoms. The molecule has 1 atom stereocenters. The number of hydrogen-bond acceptors (Lipinski definition) is 6. The molecular weight excluding hydrogens is 372 g/mol. The van der Waals surface area contributed by atoms with Gasteiger partial charge in [-0.1, -0.05) is 18.2 Å². The van der Waals surface area contributed by atoms with Crippen molar-refractivity contribution in [3.63, 3.8) is 0 Å². The fourth-order valence-corrected chi connectivity index (χ4v) is 3.44. The Morgan fingerprint density at radius 3 is 2.30 bits per heavy atom. The highest BCUT2D eigenvalue weighted by Gasteiger charge is 2.20. The second-order valence-electron chi connectivity index (χ2n) is 5.46. The summed E-state index contributed by atoms with van der Waals surface area (Å²) >= 11 is 0. The van der Waals surface area contributed by atoms with Gasteiger partial charge in [-0.3, -0.25) is 5.32 Å².